The second-order valence-corrected chi connectivity index (χ2v) is 10.7. The van der Waals surface area contributed by atoms with Crippen molar-refractivity contribution in [2.24, 2.45) is 5.92 Å². The van der Waals surface area contributed by atoms with Crippen LogP contribution in [0, 0.1) is 5.92 Å². The molecule has 1 saturated heterocycles. The Labute approximate surface area is 245 Å². The highest BCUT2D eigenvalue weighted by molar-refractivity contribution is 5.95. The van der Waals surface area contributed by atoms with Crippen molar-refractivity contribution in [2.75, 3.05) is 60.2 Å². The fraction of sp³-hybridized carbons (Fsp3) is 0.562. The molecule has 0 bridgehead atoms. The van der Waals surface area contributed by atoms with E-state index in [1.807, 2.05) is 43.9 Å². The smallest absolute Gasteiger partial charge is 0.409 e. The van der Waals surface area contributed by atoms with Crippen LogP contribution in [0.1, 0.15) is 49.5 Å². The van der Waals surface area contributed by atoms with E-state index < -0.39 is 0 Å². The molecule has 9 heteroatoms. The first kappa shape index (κ1) is 32.2. The van der Waals surface area contributed by atoms with E-state index in [4.69, 9.17) is 18.9 Å². The molecule has 1 N–H and O–H groups in total. The summed E-state index contributed by atoms with van der Waals surface area (Å²) in [5.41, 5.74) is 1.74. The summed E-state index contributed by atoms with van der Waals surface area (Å²) >= 11 is 0. The number of piperidine rings is 1. The van der Waals surface area contributed by atoms with Crippen molar-refractivity contribution < 1.29 is 28.5 Å². The van der Waals surface area contributed by atoms with Gasteiger partial charge in [0.2, 0.25) is 0 Å². The molecule has 3 rings (SSSR count). The van der Waals surface area contributed by atoms with Gasteiger partial charge in [-0.2, -0.15) is 0 Å². The summed E-state index contributed by atoms with van der Waals surface area (Å²) in [6.07, 6.45) is 1.97. The van der Waals surface area contributed by atoms with Crippen LogP contribution in [-0.2, 0) is 15.9 Å². The summed E-state index contributed by atoms with van der Waals surface area (Å²) < 4.78 is 22.2. The molecule has 1 fully saturated rings. The van der Waals surface area contributed by atoms with Gasteiger partial charge in [-0.3, -0.25) is 4.79 Å². The first-order valence-corrected chi connectivity index (χ1v) is 14.7. The Balaban J connectivity index is 1.60. The summed E-state index contributed by atoms with van der Waals surface area (Å²) in [6, 6.07) is 15.4. The quantitative estimate of drug-likeness (QED) is 0.313. The van der Waals surface area contributed by atoms with Gasteiger partial charge >= 0.3 is 6.09 Å². The van der Waals surface area contributed by atoms with Gasteiger partial charge in [-0.1, -0.05) is 30.3 Å². The van der Waals surface area contributed by atoms with E-state index in [0.29, 0.717) is 56.5 Å². The lowest BCUT2D eigenvalue weighted by atomic mass is 9.94. The Morgan fingerprint density at radius 2 is 1.80 bits per heavy atom. The minimum Gasteiger partial charge on any atom is -0.493 e. The molecule has 1 aliphatic heterocycles. The van der Waals surface area contributed by atoms with Crippen LogP contribution in [0.2, 0.25) is 0 Å². The maximum absolute atomic E-state index is 13.8. The van der Waals surface area contributed by atoms with Gasteiger partial charge in [-0.25, -0.2) is 4.79 Å². The zero-order valence-electron chi connectivity index (χ0n) is 25.3. The minimum atomic E-state index is -0.293. The maximum atomic E-state index is 13.8. The maximum Gasteiger partial charge on any atom is 0.409 e. The number of hydrogen-bond acceptors (Lipinski definition) is 7. The molecule has 2 atom stereocenters. The number of carbonyl (C=O) groups excluding carboxylic acids is 2. The van der Waals surface area contributed by atoms with Gasteiger partial charge < -0.3 is 34.1 Å². The van der Waals surface area contributed by atoms with Crippen LogP contribution in [0.3, 0.4) is 0 Å². The van der Waals surface area contributed by atoms with E-state index in [1.54, 1.807) is 37.3 Å². The van der Waals surface area contributed by atoms with E-state index in [0.717, 1.165) is 25.8 Å². The standard InChI is InChI=1S/C32H47N3O6/c1-6-34(16-15-25-11-8-7-9-12-25)32(37)41-23-26-19-28(22-33-21-26)35(24(2)3)31(36)27-13-14-29(39-5)30(20-27)40-18-10-17-38-4/h7-9,11-14,20,24,26,28,33H,6,10,15-19,21-23H2,1-5H3/t26-,28+/m0/s1. The van der Waals surface area contributed by atoms with Crippen LogP contribution in [0.15, 0.2) is 48.5 Å². The highest BCUT2D eigenvalue weighted by Gasteiger charge is 2.33. The molecule has 1 aliphatic rings. The van der Waals surface area contributed by atoms with Crippen LogP contribution in [0.5, 0.6) is 11.5 Å². The third-order valence-electron chi connectivity index (χ3n) is 7.36. The van der Waals surface area contributed by atoms with Crippen LogP contribution in [0.4, 0.5) is 4.79 Å². The predicted molar refractivity (Wildman–Crippen MR) is 160 cm³/mol. The predicted octanol–water partition coefficient (Wildman–Crippen LogP) is 4.64. The number of hydrogen-bond donors (Lipinski definition) is 1. The summed E-state index contributed by atoms with van der Waals surface area (Å²) in [4.78, 5) is 30.3. The number of nitrogens with one attached hydrogen (secondary N) is 1. The molecule has 2 amide bonds. The van der Waals surface area contributed by atoms with E-state index in [2.05, 4.69) is 17.4 Å². The molecule has 41 heavy (non-hydrogen) atoms. The number of likely N-dealkylation sites (N-methyl/N-ethyl adjacent to an activating group) is 1. The van der Waals surface area contributed by atoms with E-state index in [-0.39, 0.29) is 30.0 Å². The number of carbonyl (C=O) groups is 2. The Kier molecular flexibility index (Phi) is 13.2. The van der Waals surface area contributed by atoms with Crippen molar-refractivity contribution in [2.45, 2.75) is 52.1 Å². The highest BCUT2D eigenvalue weighted by atomic mass is 16.6. The van der Waals surface area contributed by atoms with E-state index >= 15 is 0 Å². The first-order chi connectivity index (χ1) is 19.9. The van der Waals surface area contributed by atoms with Crippen LogP contribution in [-0.4, -0.2) is 94.1 Å². The summed E-state index contributed by atoms with van der Waals surface area (Å²) in [5, 5.41) is 3.45. The Hall–Kier alpha value is -3.30. The number of methoxy groups -OCH3 is 2. The molecule has 2 aromatic carbocycles. The zero-order valence-corrected chi connectivity index (χ0v) is 25.3. The van der Waals surface area contributed by atoms with Crippen LogP contribution < -0.4 is 14.8 Å². The van der Waals surface area contributed by atoms with Gasteiger partial charge in [0.15, 0.2) is 11.5 Å². The van der Waals surface area contributed by atoms with Crippen molar-refractivity contribution in [3.05, 3.63) is 59.7 Å². The highest BCUT2D eigenvalue weighted by Crippen LogP contribution is 2.30. The Morgan fingerprint density at radius 1 is 1.02 bits per heavy atom. The van der Waals surface area contributed by atoms with Crippen molar-refractivity contribution in [3.8, 4) is 11.5 Å². The number of benzene rings is 2. The lowest BCUT2D eigenvalue weighted by Gasteiger charge is -2.40. The van der Waals surface area contributed by atoms with Crippen molar-refractivity contribution in [1.29, 1.82) is 0 Å². The third-order valence-corrected chi connectivity index (χ3v) is 7.36. The van der Waals surface area contributed by atoms with Gasteiger partial charge in [0, 0.05) is 69.9 Å². The van der Waals surface area contributed by atoms with E-state index in [9.17, 15) is 9.59 Å². The third kappa shape index (κ3) is 9.64. The number of ether oxygens (including phenoxy) is 4. The summed E-state index contributed by atoms with van der Waals surface area (Å²) in [7, 11) is 3.24. The molecule has 1 heterocycles. The largest absolute Gasteiger partial charge is 0.493 e. The molecule has 0 saturated carbocycles. The molecule has 0 aliphatic carbocycles. The number of nitrogens with zero attached hydrogens (tertiary/aromatic N) is 2. The van der Waals surface area contributed by atoms with Gasteiger partial charge in [0.1, 0.15) is 0 Å². The zero-order chi connectivity index (χ0) is 29.6. The summed E-state index contributed by atoms with van der Waals surface area (Å²) in [5.74, 6) is 1.17. The second-order valence-electron chi connectivity index (χ2n) is 10.7. The fourth-order valence-electron chi connectivity index (χ4n) is 5.19. The monoisotopic (exact) mass is 569 g/mol. The van der Waals surface area contributed by atoms with Gasteiger partial charge in [-0.15, -0.1) is 0 Å². The van der Waals surface area contributed by atoms with E-state index in [1.165, 1.54) is 5.56 Å². The minimum absolute atomic E-state index is 0.0163. The van der Waals surface area contributed by atoms with Gasteiger partial charge in [-0.05, 0) is 57.4 Å². The Morgan fingerprint density at radius 3 is 2.49 bits per heavy atom. The first-order valence-electron chi connectivity index (χ1n) is 14.7. The molecular weight excluding hydrogens is 522 g/mol. The van der Waals surface area contributed by atoms with Crippen molar-refractivity contribution >= 4 is 12.0 Å². The normalized spacial score (nSPS) is 16.7. The molecule has 0 aromatic heterocycles. The lowest BCUT2D eigenvalue weighted by molar-refractivity contribution is 0.0442. The molecule has 0 spiro atoms. The molecule has 0 radical (unpaired) electrons. The fourth-order valence-corrected chi connectivity index (χ4v) is 5.19. The molecule has 0 unspecified atom stereocenters. The van der Waals surface area contributed by atoms with Gasteiger partial charge in [0.05, 0.1) is 20.3 Å². The van der Waals surface area contributed by atoms with Crippen LogP contribution in [0.25, 0.3) is 0 Å². The van der Waals surface area contributed by atoms with Crippen molar-refractivity contribution in [3.63, 3.8) is 0 Å². The molecular formula is C32H47N3O6. The lowest BCUT2D eigenvalue weighted by Crippen LogP contribution is -2.54. The number of rotatable bonds is 15. The van der Waals surface area contributed by atoms with Crippen molar-refractivity contribution in [1.82, 2.24) is 15.1 Å². The average Bonchev–Trinajstić information content (AvgIpc) is 2.99. The molecule has 2 aromatic rings. The topological polar surface area (TPSA) is 89.6 Å². The average molecular weight is 570 g/mol. The Bertz CT molecular complexity index is 1080. The molecule has 9 nitrogen and oxygen atoms in total. The second kappa shape index (κ2) is 16.8. The van der Waals surface area contributed by atoms with Crippen LogP contribution >= 0.6 is 0 Å². The summed E-state index contributed by atoms with van der Waals surface area (Å²) in [6.45, 7) is 10.0. The number of amides is 2. The van der Waals surface area contributed by atoms with Gasteiger partial charge in [0.25, 0.3) is 5.91 Å². The SMILES string of the molecule is CCN(CCc1ccccc1)C(=O)OC[C@@H]1CNC[C@H](N(C(=O)c2ccc(OC)c(OCCCOC)c2)C(C)C)C1. The molecule has 226 valence electrons.